The number of sulfone groups is 1. The van der Waals surface area contributed by atoms with Crippen LogP contribution >= 0.6 is 11.8 Å². The summed E-state index contributed by atoms with van der Waals surface area (Å²) in [6, 6.07) is 19.9. The number of benzene rings is 2. The number of hydrogen-bond acceptors (Lipinski definition) is 4. The maximum Gasteiger partial charge on any atom is 0.248 e. The molecule has 0 aromatic heterocycles. The molecular formula is C22H24N2O3S2. The van der Waals surface area contributed by atoms with Gasteiger partial charge in [0.2, 0.25) is 5.91 Å². The van der Waals surface area contributed by atoms with Crippen LogP contribution in [0.25, 0.3) is 0 Å². The number of thioether (sulfide) groups is 1. The first kappa shape index (κ1) is 20.2. The molecule has 2 aromatic carbocycles. The third-order valence-electron chi connectivity index (χ3n) is 5.29. The highest BCUT2D eigenvalue weighted by Gasteiger charge is 2.48. The molecule has 0 N–H and O–H groups in total. The summed E-state index contributed by atoms with van der Waals surface area (Å²) in [4.78, 5) is 18.9. The van der Waals surface area contributed by atoms with Gasteiger partial charge in [-0.15, -0.1) is 0 Å². The highest BCUT2D eigenvalue weighted by molar-refractivity contribution is 8.15. The Bertz CT molecular complexity index is 991. The minimum atomic E-state index is -3.03. The number of carbonyl (C=O) groups is 1. The minimum Gasteiger partial charge on any atom is -0.342 e. The van der Waals surface area contributed by atoms with E-state index in [1.165, 1.54) is 17.3 Å². The molecule has 2 unspecified atom stereocenters. The minimum absolute atomic E-state index is 0.0421. The van der Waals surface area contributed by atoms with Gasteiger partial charge in [-0.3, -0.25) is 4.79 Å². The summed E-state index contributed by atoms with van der Waals surface area (Å²) in [6.07, 6.45) is 2.00. The second-order valence-corrected chi connectivity index (χ2v) is 10.9. The van der Waals surface area contributed by atoms with Gasteiger partial charge in [0.25, 0.3) is 0 Å². The molecule has 7 heteroatoms. The first-order valence-electron chi connectivity index (χ1n) is 9.83. The van der Waals surface area contributed by atoms with Crippen molar-refractivity contribution in [1.82, 2.24) is 4.90 Å². The second kappa shape index (κ2) is 8.71. The van der Waals surface area contributed by atoms with E-state index in [0.29, 0.717) is 18.1 Å². The number of amidine groups is 1. The first-order valence-corrected chi connectivity index (χ1v) is 12.5. The lowest BCUT2D eigenvalue weighted by atomic mass is 10.1. The van der Waals surface area contributed by atoms with E-state index in [4.69, 9.17) is 0 Å². The predicted octanol–water partition coefficient (Wildman–Crippen LogP) is 3.31. The lowest BCUT2D eigenvalue weighted by Gasteiger charge is -2.24. The predicted molar refractivity (Wildman–Crippen MR) is 118 cm³/mol. The Morgan fingerprint density at radius 3 is 2.34 bits per heavy atom. The Labute approximate surface area is 176 Å². The standard InChI is InChI=1S/C22H24N2O3S2/c25-21(13-7-12-17-8-3-1-4-9-17)23-22-24(14-18-10-5-2-6-11-18)19-15-29(26,27)16-20(19)28-22/h1-6,8-11,19-20H,7,12-16H2. The summed E-state index contributed by atoms with van der Waals surface area (Å²) < 4.78 is 24.2. The van der Waals surface area contributed by atoms with Crippen molar-refractivity contribution in [3.05, 3.63) is 71.8 Å². The summed E-state index contributed by atoms with van der Waals surface area (Å²) in [5.74, 6) is 0.164. The van der Waals surface area contributed by atoms with Crippen LogP contribution in [0.4, 0.5) is 0 Å². The highest BCUT2D eigenvalue weighted by Crippen LogP contribution is 2.39. The number of rotatable bonds is 6. The molecule has 2 aromatic rings. The zero-order chi connectivity index (χ0) is 20.3. The van der Waals surface area contributed by atoms with Gasteiger partial charge in [0.15, 0.2) is 15.0 Å². The van der Waals surface area contributed by atoms with Gasteiger partial charge in [-0.2, -0.15) is 4.99 Å². The SMILES string of the molecule is O=C(CCCc1ccccc1)N=C1SC2CS(=O)(=O)CC2N1Cc1ccccc1. The van der Waals surface area contributed by atoms with Crippen molar-refractivity contribution >= 4 is 32.7 Å². The van der Waals surface area contributed by atoms with Gasteiger partial charge in [0, 0.05) is 18.2 Å². The molecular weight excluding hydrogens is 404 g/mol. The molecule has 2 heterocycles. The number of hydrogen-bond donors (Lipinski definition) is 0. The normalized spacial score (nSPS) is 24.0. The Morgan fingerprint density at radius 1 is 1.00 bits per heavy atom. The highest BCUT2D eigenvalue weighted by atomic mass is 32.2. The molecule has 0 saturated carbocycles. The molecule has 0 spiro atoms. The Morgan fingerprint density at radius 2 is 1.66 bits per heavy atom. The maximum atomic E-state index is 12.5. The fraction of sp³-hybridized carbons (Fsp3) is 0.364. The zero-order valence-corrected chi connectivity index (χ0v) is 17.7. The third-order valence-corrected chi connectivity index (χ3v) is 8.54. The first-order chi connectivity index (χ1) is 14.0. The third kappa shape index (κ3) is 5.08. The summed E-state index contributed by atoms with van der Waals surface area (Å²) in [5, 5.41) is 0.628. The lowest BCUT2D eigenvalue weighted by Crippen LogP contribution is -2.37. The Balaban J connectivity index is 1.44. The Kier molecular flexibility index (Phi) is 6.06. The van der Waals surface area contributed by atoms with Gasteiger partial charge in [-0.1, -0.05) is 72.4 Å². The second-order valence-electron chi connectivity index (χ2n) is 7.54. The molecule has 4 rings (SSSR count). The van der Waals surface area contributed by atoms with E-state index in [1.807, 2.05) is 53.4 Å². The zero-order valence-electron chi connectivity index (χ0n) is 16.1. The summed E-state index contributed by atoms with van der Waals surface area (Å²) >= 11 is 1.44. The monoisotopic (exact) mass is 428 g/mol. The molecule has 1 amide bonds. The van der Waals surface area contributed by atoms with Crippen LogP contribution in [0.3, 0.4) is 0 Å². The molecule has 2 atom stereocenters. The van der Waals surface area contributed by atoms with E-state index in [9.17, 15) is 13.2 Å². The number of aryl methyl sites for hydroxylation is 1. The van der Waals surface area contributed by atoms with Crippen LogP contribution in [-0.2, 0) is 27.6 Å². The quantitative estimate of drug-likeness (QED) is 0.706. The van der Waals surface area contributed by atoms with E-state index >= 15 is 0 Å². The van der Waals surface area contributed by atoms with Crippen LogP contribution in [-0.4, -0.2) is 47.2 Å². The van der Waals surface area contributed by atoms with E-state index in [-0.39, 0.29) is 28.7 Å². The molecule has 2 fully saturated rings. The van der Waals surface area contributed by atoms with Gasteiger partial charge in [-0.25, -0.2) is 8.42 Å². The van der Waals surface area contributed by atoms with E-state index in [2.05, 4.69) is 17.1 Å². The maximum absolute atomic E-state index is 12.5. The number of amides is 1. The van der Waals surface area contributed by atoms with Crippen LogP contribution in [0.5, 0.6) is 0 Å². The molecule has 5 nitrogen and oxygen atoms in total. The molecule has 2 saturated heterocycles. The number of aliphatic imine (C=N–C) groups is 1. The van der Waals surface area contributed by atoms with E-state index in [0.717, 1.165) is 18.4 Å². The lowest BCUT2D eigenvalue weighted by molar-refractivity contribution is -0.117. The molecule has 2 aliphatic heterocycles. The fourth-order valence-electron chi connectivity index (χ4n) is 3.85. The van der Waals surface area contributed by atoms with Gasteiger partial charge in [0.05, 0.1) is 17.5 Å². The van der Waals surface area contributed by atoms with Crippen molar-refractivity contribution in [2.75, 3.05) is 11.5 Å². The summed E-state index contributed by atoms with van der Waals surface area (Å²) in [7, 11) is -3.03. The smallest absolute Gasteiger partial charge is 0.248 e. The van der Waals surface area contributed by atoms with Gasteiger partial charge in [-0.05, 0) is 24.0 Å². The molecule has 29 heavy (non-hydrogen) atoms. The average molecular weight is 429 g/mol. The van der Waals surface area contributed by atoms with Crippen LogP contribution in [0.15, 0.2) is 65.7 Å². The van der Waals surface area contributed by atoms with Crippen molar-refractivity contribution in [1.29, 1.82) is 0 Å². The average Bonchev–Trinajstić information content (AvgIpc) is 3.15. The summed E-state index contributed by atoms with van der Waals surface area (Å²) in [5.41, 5.74) is 2.30. The van der Waals surface area contributed by atoms with Crippen molar-refractivity contribution in [3.63, 3.8) is 0 Å². The Hall–Kier alpha value is -2.12. The van der Waals surface area contributed by atoms with Crippen molar-refractivity contribution < 1.29 is 13.2 Å². The topological polar surface area (TPSA) is 66.8 Å². The largest absolute Gasteiger partial charge is 0.342 e. The molecule has 152 valence electrons. The van der Waals surface area contributed by atoms with Gasteiger partial charge >= 0.3 is 0 Å². The van der Waals surface area contributed by atoms with Crippen LogP contribution < -0.4 is 0 Å². The van der Waals surface area contributed by atoms with E-state index < -0.39 is 9.84 Å². The van der Waals surface area contributed by atoms with Gasteiger partial charge < -0.3 is 4.90 Å². The van der Waals surface area contributed by atoms with Crippen LogP contribution in [0.1, 0.15) is 24.0 Å². The molecule has 0 aliphatic carbocycles. The molecule has 0 radical (unpaired) electrons. The van der Waals surface area contributed by atoms with Crippen LogP contribution in [0.2, 0.25) is 0 Å². The van der Waals surface area contributed by atoms with Crippen molar-refractivity contribution in [3.8, 4) is 0 Å². The number of nitrogens with zero attached hydrogens (tertiary/aromatic N) is 2. The molecule has 2 aliphatic rings. The summed E-state index contributed by atoms with van der Waals surface area (Å²) in [6.45, 7) is 0.570. The number of fused-ring (bicyclic) bond motifs is 1. The number of carbonyl (C=O) groups excluding carboxylic acids is 1. The fourth-order valence-corrected chi connectivity index (χ4v) is 7.82. The van der Waals surface area contributed by atoms with Crippen molar-refractivity contribution in [2.24, 2.45) is 4.99 Å². The van der Waals surface area contributed by atoms with Gasteiger partial charge in [0.1, 0.15) is 0 Å². The molecule has 0 bridgehead atoms. The van der Waals surface area contributed by atoms with Crippen molar-refractivity contribution in [2.45, 2.75) is 37.1 Å². The van der Waals surface area contributed by atoms with Crippen LogP contribution in [0, 0.1) is 0 Å². The van der Waals surface area contributed by atoms with E-state index in [1.54, 1.807) is 0 Å².